The molecular weight excluding hydrogens is 372 g/mol. The summed E-state index contributed by atoms with van der Waals surface area (Å²) < 4.78 is 32.3. The Balaban J connectivity index is 1.61. The number of rotatable bonds is 6. The molecule has 1 aliphatic rings. The van der Waals surface area contributed by atoms with E-state index in [1.165, 1.54) is 15.6 Å². The molecule has 2 heterocycles. The molecule has 1 unspecified atom stereocenters. The highest BCUT2D eigenvalue weighted by atomic mass is 32.2. The van der Waals surface area contributed by atoms with E-state index in [2.05, 4.69) is 5.32 Å². The maximum atomic E-state index is 12.7. The first-order chi connectivity index (χ1) is 12.5. The zero-order chi connectivity index (χ0) is 18.6. The number of hydrogen-bond acceptors (Lipinski definition) is 5. The number of hydrogen-bond donors (Lipinski definition) is 1. The molecule has 140 valence electrons. The number of carbonyl (C=O) groups is 1. The molecule has 8 heteroatoms. The Labute approximate surface area is 157 Å². The van der Waals surface area contributed by atoms with Crippen molar-refractivity contribution in [1.82, 2.24) is 9.62 Å². The van der Waals surface area contributed by atoms with E-state index in [1.54, 1.807) is 24.6 Å². The number of piperidine rings is 1. The maximum absolute atomic E-state index is 12.7. The largest absolute Gasteiger partial charge is 0.497 e. The molecule has 0 saturated carbocycles. The van der Waals surface area contributed by atoms with Gasteiger partial charge < -0.3 is 10.1 Å². The number of amides is 1. The Morgan fingerprint density at radius 3 is 2.92 bits per heavy atom. The SMILES string of the molecule is COc1cccc(CNC(=O)C2CCCN(S(=O)(=O)c3cccs3)C2)c1. The van der Waals surface area contributed by atoms with Crippen LogP contribution in [0.2, 0.25) is 0 Å². The highest BCUT2D eigenvalue weighted by Gasteiger charge is 2.33. The molecule has 0 radical (unpaired) electrons. The number of sulfonamides is 1. The number of methoxy groups -OCH3 is 1. The van der Waals surface area contributed by atoms with E-state index in [1.807, 2.05) is 24.3 Å². The van der Waals surface area contributed by atoms with Gasteiger partial charge in [-0.1, -0.05) is 18.2 Å². The van der Waals surface area contributed by atoms with Crippen LogP contribution in [0.1, 0.15) is 18.4 Å². The third kappa shape index (κ3) is 4.25. The molecule has 1 amide bonds. The zero-order valence-electron chi connectivity index (χ0n) is 14.6. The number of ether oxygens (including phenoxy) is 1. The van der Waals surface area contributed by atoms with E-state index in [4.69, 9.17) is 4.74 Å². The quantitative estimate of drug-likeness (QED) is 0.817. The molecule has 1 fully saturated rings. The summed E-state index contributed by atoms with van der Waals surface area (Å²) in [6, 6.07) is 10.8. The van der Waals surface area contributed by atoms with Gasteiger partial charge in [-0.15, -0.1) is 11.3 Å². The van der Waals surface area contributed by atoms with Crippen molar-refractivity contribution < 1.29 is 17.9 Å². The Morgan fingerprint density at radius 2 is 2.19 bits per heavy atom. The molecule has 2 aromatic rings. The minimum Gasteiger partial charge on any atom is -0.497 e. The third-order valence-electron chi connectivity index (χ3n) is 4.45. The molecule has 1 saturated heterocycles. The molecule has 3 rings (SSSR count). The number of nitrogens with one attached hydrogen (secondary N) is 1. The van der Waals surface area contributed by atoms with Gasteiger partial charge in [-0.25, -0.2) is 8.42 Å². The van der Waals surface area contributed by atoms with Gasteiger partial charge in [0.1, 0.15) is 9.96 Å². The second-order valence-electron chi connectivity index (χ2n) is 6.20. The molecule has 1 aromatic carbocycles. The zero-order valence-corrected chi connectivity index (χ0v) is 16.2. The summed E-state index contributed by atoms with van der Waals surface area (Å²) in [5.74, 6) is 0.297. The highest BCUT2D eigenvalue weighted by molar-refractivity contribution is 7.91. The highest BCUT2D eigenvalue weighted by Crippen LogP contribution is 2.26. The van der Waals surface area contributed by atoms with E-state index in [9.17, 15) is 13.2 Å². The van der Waals surface area contributed by atoms with Crippen molar-refractivity contribution in [3.8, 4) is 5.75 Å². The molecule has 0 aliphatic carbocycles. The number of nitrogens with zero attached hydrogens (tertiary/aromatic N) is 1. The average Bonchev–Trinajstić information content (AvgIpc) is 3.22. The third-order valence-corrected chi connectivity index (χ3v) is 7.68. The Morgan fingerprint density at radius 1 is 1.35 bits per heavy atom. The summed E-state index contributed by atoms with van der Waals surface area (Å²) in [5.41, 5.74) is 0.941. The van der Waals surface area contributed by atoms with Gasteiger partial charge in [0, 0.05) is 19.6 Å². The van der Waals surface area contributed by atoms with Crippen LogP contribution in [-0.2, 0) is 21.4 Å². The summed E-state index contributed by atoms with van der Waals surface area (Å²) >= 11 is 1.20. The lowest BCUT2D eigenvalue weighted by molar-refractivity contribution is -0.126. The van der Waals surface area contributed by atoms with Crippen LogP contribution in [0.3, 0.4) is 0 Å². The van der Waals surface area contributed by atoms with Crippen LogP contribution >= 0.6 is 11.3 Å². The molecule has 1 N–H and O–H groups in total. The molecule has 6 nitrogen and oxygen atoms in total. The fraction of sp³-hybridized carbons (Fsp3) is 0.389. The Bertz CT molecular complexity index is 850. The first-order valence-corrected chi connectivity index (χ1v) is 10.8. The van der Waals surface area contributed by atoms with Gasteiger partial charge in [0.15, 0.2) is 0 Å². The van der Waals surface area contributed by atoms with Gasteiger partial charge in [-0.3, -0.25) is 4.79 Å². The normalized spacial score (nSPS) is 18.4. The average molecular weight is 395 g/mol. The molecular formula is C18H22N2O4S2. The summed E-state index contributed by atoms with van der Waals surface area (Å²) in [6.07, 6.45) is 1.38. The fourth-order valence-corrected chi connectivity index (χ4v) is 5.70. The second-order valence-corrected chi connectivity index (χ2v) is 9.32. The van der Waals surface area contributed by atoms with Crippen molar-refractivity contribution in [2.45, 2.75) is 23.6 Å². The smallest absolute Gasteiger partial charge is 0.252 e. The lowest BCUT2D eigenvalue weighted by atomic mass is 9.99. The summed E-state index contributed by atoms with van der Waals surface area (Å²) in [6.45, 7) is 1.08. The predicted octanol–water partition coefficient (Wildman–Crippen LogP) is 2.47. The standard InChI is InChI=1S/C18H22N2O4S2/c1-24-16-7-2-5-14(11-16)12-19-18(21)15-6-3-9-20(13-15)26(22,23)17-8-4-10-25-17/h2,4-5,7-8,10-11,15H,3,6,9,12-13H2,1H3,(H,19,21). The lowest BCUT2D eigenvalue weighted by Crippen LogP contribution is -2.45. The number of benzene rings is 1. The van der Waals surface area contributed by atoms with Crippen molar-refractivity contribution >= 4 is 27.3 Å². The second kappa shape index (κ2) is 8.20. The maximum Gasteiger partial charge on any atom is 0.252 e. The summed E-state index contributed by atoms with van der Waals surface area (Å²) in [5, 5.41) is 4.66. The summed E-state index contributed by atoms with van der Waals surface area (Å²) in [4.78, 5) is 12.5. The molecule has 26 heavy (non-hydrogen) atoms. The van der Waals surface area contributed by atoms with Gasteiger partial charge in [0.2, 0.25) is 5.91 Å². The van der Waals surface area contributed by atoms with Crippen molar-refractivity contribution in [3.05, 3.63) is 47.3 Å². The minimum atomic E-state index is -3.51. The van der Waals surface area contributed by atoms with E-state index in [0.717, 1.165) is 11.3 Å². The fourth-order valence-electron chi connectivity index (χ4n) is 3.03. The van der Waals surface area contributed by atoms with Gasteiger partial charge in [0.05, 0.1) is 13.0 Å². The van der Waals surface area contributed by atoms with Gasteiger partial charge in [-0.2, -0.15) is 4.31 Å². The van der Waals surface area contributed by atoms with Gasteiger partial charge >= 0.3 is 0 Å². The van der Waals surface area contributed by atoms with Crippen molar-refractivity contribution in [3.63, 3.8) is 0 Å². The van der Waals surface area contributed by atoms with Crippen LogP contribution in [0, 0.1) is 5.92 Å². The van der Waals surface area contributed by atoms with E-state index < -0.39 is 10.0 Å². The monoisotopic (exact) mass is 394 g/mol. The molecule has 1 atom stereocenters. The number of carbonyl (C=O) groups excluding carboxylic acids is 1. The first kappa shape index (κ1) is 18.9. The van der Waals surface area contributed by atoms with Gasteiger partial charge in [-0.05, 0) is 42.0 Å². The van der Waals surface area contributed by atoms with Crippen LogP contribution in [0.5, 0.6) is 5.75 Å². The Hall–Kier alpha value is -1.90. The molecule has 0 bridgehead atoms. The van der Waals surface area contributed by atoms with Crippen molar-refractivity contribution in [1.29, 1.82) is 0 Å². The number of thiophene rings is 1. The minimum absolute atomic E-state index is 0.112. The van der Waals surface area contributed by atoms with Crippen LogP contribution < -0.4 is 10.1 Å². The van der Waals surface area contributed by atoms with Crippen molar-refractivity contribution in [2.75, 3.05) is 20.2 Å². The predicted molar refractivity (Wildman–Crippen MR) is 101 cm³/mol. The van der Waals surface area contributed by atoms with Crippen LogP contribution in [0.4, 0.5) is 0 Å². The van der Waals surface area contributed by atoms with E-state index in [0.29, 0.717) is 30.1 Å². The van der Waals surface area contributed by atoms with Crippen LogP contribution in [0.15, 0.2) is 46.0 Å². The van der Waals surface area contributed by atoms with E-state index in [-0.39, 0.29) is 18.4 Å². The molecule has 1 aliphatic heterocycles. The Kier molecular flexibility index (Phi) is 5.95. The van der Waals surface area contributed by atoms with Crippen LogP contribution in [-0.4, -0.2) is 38.8 Å². The molecule has 0 spiro atoms. The lowest BCUT2D eigenvalue weighted by Gasteiger charge is -2.30. The van der Waals surface area contributed by atoms with Gasteiger partial charge in [0.25, 0.3) is 10.0 Å². The van der Waals surface area contributed by atoms with Crippen molar-refractivity contribution in [2.24, 2.45) is 5.92 Å². The van der Waals surface area contributed by atoms with Crippen LogP contribution in [0.25, 0.3) is 0 Å². The first-order valence-electron chi connectivity index (χ1n) is 8.45. The van der Waals surface area contributed by atoms with E-state index >= 15 is 0 Å². The topological polar surface area (TPSA) is 75.7 Å². The molecule has 1 aromatic heterocycles. The summed E-state index contributed by atoms with van der Waals surface area (Å²) in [7, 11) is -1.91.